The molecule has 2 aromatic rings. The molecule has 0 unspecified atom stereocenters. The number of amides is 1. The highest BCUT2D eigenvalue weighted by Crippen LogP contribution is 2.29. The topological polar surface area (TPSA) is 46.3 Å². The second-order valence-corrected chi connectivity index (χ2v) is 6.13. The molecule has 7 heteroatoms. The molecule has 0 aliphatic rings. The predicted molar refractivity (Wildman–Crippen MR) is 93.7 cm³/mol. The van der Waals surface area contributed by atoms with Crippen LogP contribution in [0, 0.1) is 0 Å². The van der Waals surface area contributed by atoms with Gasteiger partial charge in [0.25, 0.3) is 5.91 Å². The molecule has 3 nitrogen and oxygen atoms in total. The quantitative estimate of drug-likeness (QED) is 0.822. The van der Waals surface area contributed by atoms with Crippen molar-refractivity contribution in [3.05, 3.63) is 62.1 Å². The molecule has 0 aliphatic carbocycles. The summed E-state index contributed by atoms with van der Waals surface area (Å²) < 4.78 is 0. The minimum Gasteiger partial charge on any atom is -0.329 e. The molecule has 2 rings (SSSR count). The Kier molecular flexibility index (Phi) is 5.95. The zero-order chi connectivity index (χ0) is 16.3. The fourth-order valence-electron chi connectivity index (χ4n) is 1.94. The van der Waals surface area contributed by atoms with Gasteiger partial charge in [-0.2, -0.15) is 0 Å². The van der Waals surface area contributed by atoms with E-state index >= 15 is 0 Å². The highest BCUT2D eigenvalue weighted by atomic mass is 35.5. The van der Waals surface area contributed by atoms with Crippen molar-refractivity contribution in [3.63, 3.8) is 0 Å². The molecule has 116 valence electrons. The van der Waals surface area contributed by atoms with Crippen LogP contribution in [0.2, 0.25) is 20.1 Å². The summed E-state index contributed by atoms with van der Waals surface area (Å²) in [5.41, 5.74) is 6.54. The van der Waals surface area contributed by atoms with E-state index in [9.17, 15) is 4.79 Å². The zero-order valence-corrected chi connectivity index (χ0v) is 14.3. The third-order valence-corrected chi connectivity index (χ3v) is 4.26. The van der Waals surface area contributed by atoms with Gasteiger partial charge in [0, 0.05) is 23.8 Å². The lowest BCUT2D eigenvalue weighted by atomic mass is 10.1. The number of carbonyl (C=O) groups is 1. The first-order valence-corrected chi connectivity index (χ1v) is 7.87. The number of anilines is 1. The Morgan fingerprint density at radius 1 is 0.955 bits per heavy atom. The number of carbonyl (C=O) groups excluding carboxylic acids is 1. The van der Waals surface area contributed by atoms with Gasteiger partial charge < -0.3 is 10.6 Å². The number of rotatable bonds is 4. The van der Waals surface area contributed by atoms with Gasteiger partial charge in [-0.15, -0.1) is 0 Å². The van der Waals surface area contributed by atoms with Gasteiger partial charge in [-0.05, 0) is 36.4 Å². The van der Waals surface area contributed by atoms with E-state index < -0.39 is 0 Å². The van der Waals surface area contributed by atoms with Crippen molar-refractivity contribution in [3.8, 4) is 0 Å². The molecule has 22 heavy (non-hydrogen) atoms. The first-order valence-electron chi connectivity index (χ1n) is 6.36. The van der Waals surface area contributed by atoms with Gasteiger partial charge in [0.1, 0.15) is 0 Å². The first kappa shape index (κ1) is 17.4. The molecule has 2 aromatic carbocycles. The summed E-state index contributed by atoms with van der Waals surface area (Å²) in [4.78, 5) is 14.2. The van der Waals surface area contributed by atoms with Crippen molar-refractivity contribution in [2.24, 2.45) is 5.73 Å². The van der Waals surface area contributed by atoms with Crippen LogP contribution >= 0.6 is 46.4 Å². The van der Waals surface area contributed by atoms with Crippen molar-refractivity contribution in [2.45, 2.75) is 0 Å². The second-order valence-electron chi connectivity index (χ2n) is 4.47. The van der Waals surface area contributed by atoms with Crippen LogP contribution in [0.4, 0.5) is 5.69 Å². The maximum Gasteiger partial charge on any atom is 0.259 e. The van der Waals surface area contributed by atoms with Gasteiger partial charge in [0.2, 0.25) is 0 Å². The van der Waals surface area contributed by atoms with Crippen molar-refractivity contribution in [2.75, 3.05) is 18.0 Å². The van der Waals surface area contributed by atoms with Gasteiger partial charge >= 0.3 is 0 Å². The van der Waals surface area contributed by atoms with Crippen molar-refractivity contribution < 1.29 is 4.79 Å². The van der Waals surface area contributed by atoms with E-state index in [0.717, 1.165) is 0 Å². The fourth-order valence-corrected chi connectivity index (χ4v) is 2.72. The molecule has 0 saturated carbocycles. The maximum absolute atomic E-state index is 12.7. The molecule has 0 atom stereocenters. The normalized spacial score (nSPS) is 10.6. The van der Waals surface area contributed by atoms with Crippen LogP contribution in [0.5, 0.6) is 0 Å². The molecule has 0 aliphatic heterocycles. The Morgan fingerprint density at radius 2 is 1.68 bits per heavy atom. The molecule has 0 radical (unpaired) electrons. The Hall–Kier alpha value is -0.970. The van der Waals surface area contributed by atoms with Gasteiger partial charge in [-0.3, -0.25) is 4.79 Å². The Balaban J connectivity index is 2.42. The number of halogens is 4. The van der Waals surface area contributed by atoms with E-state index in [4.69, 9.17) is 52.1 Å². The predicted octanol–water partition coefficient (Wildman–Crippen LogP) is 4.91. The van der Waals surface area contributed by atoms with E-state index in [1.807, 2.05) is 0 Å². The lowest BCUT2D eigenvalue weighted by Gasteiger charge is -2.23. The molecule has 0 fully saturated rings. The zero-order valence-electron chi connectivity index (χ0n) is 11.3. The molecule has 0 heterocycles. The molecule has 2 N–H and O–H groups in total. The van der Waals surface area contributed by atoms with Crippen LogP contribution in [0.3, 0.4) is 0 Å². The maximum atomic E-state index is 12.7. The van der Waals surface area contributed by atoms with Crippen molar-refractivity contribution in [1.82, 2.24) is 0 Å². The number of benzene rings is 2. The fraction of sp³-hybridized carbons (Fsp3) is 0.133. The van der Waals surface area contributed by atoms with Crippen LogP contribution in [0.15, 0.2) is 36.4 Å². The summed E-state index contributed by atoms with van der Waals surface area (Å²) in [5.74, 6) is -0.287. The summed E-state index contributed by atoms with van der Waals surface area (Å²) in [6.45, 7) is 0.604. The van der Waals surface area contributed by atoms with E-state index in [0.29, 0.717) is 32.9 Å². The van der Waals surface area contributed by atoms with Crippen LogP contribution in [0.1, 0.15) is 10.4 Å². The SMILES string of the molecule is NCCN(C(=O)c1ccc(Cl)cc1Cl)c1ccc(Cl)c(Cl)c1. The summed E-state index contributed by atoms with van der Waals surface area (Å²) in [7, 11) is 0. The standard InChI is InChI=1S/C15H12Cl4N2O/c16-9-1-3-11(13(18)7-9)15(22)21(6-5-20)10-2-4-12(17)14(19)8-10/h1-4,7-8H,5-6,20H2. The lowest BCUT2D eigenvalue weighted by Crippen LogP contribution is -2.35. The van der Waals surface area contributed by atoms with Crippen LogP contribution in [0.25, 0.3) is 0 Å². The summed E-state index contributed by atoms with van der Waals surface area (Å²) in [6, 6.07) is 9.64. The van der Waals surface area contributed by atoms with Gasteiger partial charge in [0.05, 0.1) is 20.6 Å². The summed E-state index contributed by atoms with van der Waals surface area (Å²) in [5, 5.41) is 1.51. The van der Waals surface area contributed by atoms with Gasteiger partial charge in [-0.1, -0.05) is 46.4 Å². The number of hydrogen-bond donors (Lipinski definition) is 1. The minimum absolute atomic E-state index is 0.277. The average Bonchev–Trinajstić information content (AvgIpc) is 2.47. The van der Waals surface area contributed by atoms with Crippen LogP contribution in [-0.2, 0) is 0 Å². The lowest BCUT2D eigenvalue weighted by molar-refractivity contribution is 0.0988. The van der Waals surface area contributed by atoms with Gasteiger partial charge in [0.15, 0.2) is 0 Å². The number of nitrogens with two attached hydrogens (primary N) is 1. The Labute approximate surface area is 148 Å². The van der Waals surface area contributed by atoms with Crippen LogP contribution < -0.4 is 10.6 Å². The number of hydrogen-bond acceptors (Lipinski definition) is 2. The second kappa shape index (κ2) is 7.53. The Bertz CT molecular complexity index is 706. The molecule has 0 bridgehead atoms. The third kappa shape index (κ3) is 3.86. The molecule has 0 aromatic heterocycles. The molecule has 1 amide bonds. The monoisotopic (exact) mass is 376 g/mol. The molecule has 0 spiro atoms. The highest BCUT2D eigenvalue weighted by Gasteiger charge is 2.20. The van der Waals surface area contributed by atoms with Crippen LogP contribution in [-0.4, -0.2) is 19.0 Å². The minimum atomic E-state index is -0.287. The van der Waals surface area contributed by atoms with Crippen molar-refractivity contribution in [1.29, 1.82) is 0 Å². The van der Waals surface area contributed by atoms with E-state index in [-0.39, 0.29) is 17.5 Å². The third-order valence-electron chi connectivity index (χ3n) is 2.97. The summed E-state index contributed by atoms with van der Waals surface area (Å²) in [6.07, 6.45) is 0. The molecule has 0 saturated heterocycles. The smallest absolute Gasteiger partial charge is 0.259 e. The summed E-state index contributed by atoms with van der Waals surface area (Å²) >= 11 is 23.9. The van der Waals surface area contributed by atoms with E-state index in [1.165, 1.54) is 11.0 Å². The molecular formula is C15H12Cl4N2O. The van der Waals surface area contributed by atoms with E-state index in [1.54, 1.807) is 30.3 Å². The Morgan fingerprint density at radius 3 is 2.27 bits per heavy atom. The average molecular weight is 378 g/mol. The van der Waals surface area contributed by atoms with Gasteiger partial charge in [-0.25, -0.2) is 0 Å². The number of nitrogens with zero attached hydrogens (tertiary/aromatic N) is 1. The first-order chi connectivity index (χ1) is 10.4. The highest BCUT2D eigenvalue weighted by molar-refractivity contribution is 6.42. The van der Waals surface area contributed by atoms with Crippen molar-refractivity contribution >= 4 is 58.0 Å². The molecular weight excluding hydrogens is 366 g/mol. The largest absolute Gasteiger partial charge is 0.329 e. The van der Waals surface area contributed by atoms with E-state index in [2.05, 4.69) is 0 Å².